The third kappa shape index (κ3) is 2.97. The molecule has 18 heavy (non-hydrogen) atoms. The number of aliphatic hydroxyl groups excluding tert-OH is 1. The van der Waals surface area contributed by atoms with Crippen molar-refractivity contribution in [1.29, 1.82) is 0 Å². The van der Waals surface area contributed by atoms with E-state index in [2.05, 4.69) is 22.9 Å². The smallest absolute Gasteiger partial charge is 0.129 e. The summed E-state index contributed by atoms with van der Waals surface area (Å²) >= 11 is 0. The van der Waals surface area contributed by atoms with Crippen molar-refractivity contribution in [2.45, 2.75) is 26.1 Å². The maximum atomic E-state index is 8.96. The van der Waals surface area contributed by atoms with Crippen LogP contribution in [0.1, 0.15) is 30.0 Å². The van der Waals surface area contributed by atoms with Gasteiger partial charge in [0, 0.05) is 18.4 Å². The van der Waals surface area contributed by atoms with E-state index in [9.17, 15) is 0 Å². The Morgan fingerprint density at radius 3 is 2.72 bits per heavy atom. The van der Waals surface area contributed by atoms with E-state index < -0.39 is 0 Å². The summed E-state index contributed by atoms with van der Waals surface area (Å²) in [5.41, 5.74) is 1.17. The van der Waals surface area contributed by atoms with Gasteiger partial charge in [0.1, 0.15) is 18.1 Å². The maximum Gasteiger partial charge on any atom is 0.129 e. The highest BCUT2D eigenvalue weighted by Crippen LogP contribution is 2.20. The Balaban J connectivity index is 2.01. The van der Waals surface area contributed by atoms with Crippen molar-refractivity contribution < 1.29 is 9.52 Å². The Morgan fingerprint density at radius 2 is 2.11 bits per heavy atom. The van der Waals surface area contributed by atoms with Crippen molar-refractivity contribution >= 4 is 0 Å². The number of aliphatic hydroxyl groups is 1. The van der Waals surface area contributed by atoms with E-state index in [1.165, 1.54) is 5.56 Å². The number of aromatic nitrogens is 1. The van der Waals surface area contributed by atoms with Gasteiger partial charge < -0.3 is 9.52 Å². The van der Waals surface area contributed by atoms with Crippen LogP contribution < -0.4 is 0 Å². The van der Waals surface area contributed by atoms with Crippen LogP contribution in [0.4, 0.5) is 0 Å². The number of hydrogen-bond acceptors (Lipinski definition) is 4. The highest BCUT2D eigenvalue weighted by atomic mass is 16.4. The summed E-state index contributed by atoms with van der Waals surface area (Å²) < 4.78 is 5.48. The molecule has 4 nitrogen and oxygen atoms in total. The van der Waals surface area contributed by atoms with E-state index >= 15 is 0 Å². The molecule has 4 heteroatoms. The predicted molar refractivity (Wildman–Crippen MR) is 68.7 cm³/mol. The van der Waals surface area contributed by atoms with Crippen LogP contribution in [0.15, 0.2) is 41.1 Å². The van der Waals surface area contributed by atoms with Gasteiger partial charge in [0.25, 0.3) is 0 Å². The Hall–Kier alpha value is -1.65. The molecule has 2 rings (SSSR count). The molecule has 0 spiro atoms. The molecule has 2 aromatic heterocycles. The normalized spacial score (nSPS) is 12.9. The lowest BCUT2D eigenvalue weighted by Gasteiger charge is -2.23. The fourth-order valence-electron chi connectivity index (χ4n) is 1.85. The minimum Gasteiger partial charge on any atom is -0.462 e. The third-order valence-corrected chi connectivity index (χ3v) is 3.11. The van der Waals surface area contributed by atoms with Crippen LogP contribution in [0.3, 0.4) is 0 Å². The summed E-state index contributed by atoms with van der Waals surface area (Å²) in [6.45, 7) is 2.78. The highest BCUT2D eigenvalue weighted by molar-refractivity contribution is 5.13. The molecule has 0 aromatic carbocycles. The Labute approximate surface area is 107 Å². The second-order valence-corrected chi connectivity index (χ2v) is 4.40. The van der Waals surface area contributed by atoms with E-state index in [-0.39, 0.29) is 12.6 Å². The number of furan rings is 1. The van der Waals surface area contributed by atoms with E-state index in [4.69, 9.17) is 9.52 Å². The molecule has 1 atom stereocenters. The molecule has 0 radical (unpaired) electrons. The average molecular weight is 246 g/mol. The molecule has 2 heterocycles. The lowest BCUT2D eigenvalue weighted by atomic mass is 10.1. The van der Waals surface area contributed by atoms with Crippen LogP contribution in [0.25, 0.3) is 0 Å². The SMILES string of the molecule is C[C@@H](c1cccnc1)N(C)Cc1ccc(CO)o1. The van der Waals surface area contributed by atoms with E-state index in [1.54, 1.807) is 12.3 Å². The lowest BCUT2D eigenvalue weighted by Crippen LogP contribution is -2.21. The first kappa shape index (κ1) is 12.8. The zero-order chi connectivity index (χ0) is 13.0. The molecule has 96 valence electrons. The molecular weight excluding hydrogens is 228 g/mol. The average Bonchev–Trinajstić information content (AvgIpc) is 2.86. The first-order chi connectivity index (χ1) is 8.70. The number of hydrogen-bond donors (Lipinski definition) is 1. The van der Waals surface area contributed by atoms with Crippen LogP contribution in [0, 0.1) is 0 Å². The minimum absolute atomic E-state index is 0.0537. The van der Waals surface area contributed by atoms with Gasteiger partial charge in [-0.3, -0.25) is 9.88 Å². The summed E-state index contributed by atoms with van der Waals surface area (Å²) in [5.74, 6) is 1.46. The van der Waals surface area contributed by atoms with Gasteiger partial charge >= 0.3 is 0 Å². The van der Waals surface area contributed by atoms with Gasteiger partial charge in [0.15, 0.2) is 0 Å². The molecule has 1 N–H and O–H groups in total. The standard InChI is InChI=1S/C14H18N2O2/c1-11(12-4-3-7-15-8-12)16(2)9-13-5-6-14(10-17)18-13/h3-8,11,17H,9-10H2,1-2H3/t11-/m0/s1. The molecule has 0 unspecified atom stereocenters. The van der Waals surface area contributed by atoms with E-state index in [0.29, 0.717) is 12.3 Å². The zero-order valence-corrected chi connectivity index (χ0v) is 10.7. The summed E-state index contributed by atoms with van der Waals surface area (Å²) in [6, 6.07) is 7.98. The first-order valence-electron chi connectivity index (χ1n) is 5.99. The molecule has 0 aliphatic rings. The Morgan fingerprint density at radius 1 is 1.33 bits per heavy atom. The van der Waals surface area contributed by atoms with E-state index in [0.717, 1.165) is 5.76 Å². The van der Waals surface area contributed by atoms with Crippen LogP contribution in [-0.2, 0) is 13.2 Å². The van der Waals surface area contributed by atoms with Crippen LogP contribution in [0.2, 0.25) is 0 Å². The number of nitrogens with zero attached hydrogens (tertiary/aromatic N) is 2. The number of rotatable bonds is 5. The Bertz CT molecular complexity index is 482. The van der Waals surface area contributed by atoms with Gasteiger partial charge in [-0.15, -0.1) is 0 Å². The van der Waals surface area contributed by atoms with Crippen molar-refractivity contribution in [3.8, 4) is 0 Å². The predicted octanol–water partition coefficient (Wildman–Crippen LogP) is 2.36. The second-order valence-electron chi connectivity index (χ2n) is 4.40. The fraction of sp³-hybridized carbons (Fsp3) is 0.357. The molecule has 0 aliphatic heterocycles. The van der Waals surface area contributed by atoms with Crippen molar-refractivity contribution in [2.75, 3.05) is 7.05 Å². The lowest BCUT2D eigenvalue weighted by molar-refractivity contribution is 0.212. The highest BCUT2D eigenvalue weighted by Gasteiger charge is 2.13. The van der Waals surface area contributed by atoms with Crippen LogP contribution in [-0.4, -0.2) is 22.0 Å². The second kappa shape index (κ2) is 5.80. The molecule has 0 fully saturated rings. The summed E-state index contributed by atoms with van der Waals surface area (Å²) in [5, 5.41) is 8.96. The summed E-state index contributed by atoms with van der Waals surface area (Å²) in [6.07, 6.45) is 3.65. The van der Waals surface area contributed by atoms with E-state index in [1.807, 2.05) is 25.4 Å². The minimum atomic E-state index is -0.0537. The molecular formula is C14H18N2O2. The largest absolute Gasteiger partial charge is 0.462 e. The van der Waals surface area contributed by atoms with Crippen molar-refractivity contribution in [1.82, 2.24) is 9.88 Å². The van der Waals surface area contributed by atoms with Gasteiger partial charge in [-0.2, -0.15) is 0 Å². The number of pyridine rings is 1. The van der Waals surface area contributed by atoms with Crippen molar-refractivity contribution in [3.05, 3.63) is 53.7 Å². The van der Waals surface area contributed by atoms with Crippen molar-refractivity contribution in [3.63, 3.8) is 0 Å². The first-order valence-corrected chi connectivity index (χ1v) is 5.99. The molecule has 0 aliphatic carbocycles. The molecule has 0 saturated heterocycles. The monoisotopic (exact) mass is 246 g/mol. The fourth-order valence-corrected chi connectivity index (χ4v) is 1.85. The maximum absolute atomic E-state index is 8.96. The van der Waals surface area contributed by atoms with Crippen molar-refractivity contribution in [2.24, 2.45) is 0 Å². The molecule has 0 bridgehead atoms. The summed E-state index contributed by atoms with van der Waals surface area (Å²) in [4.78, 5) is 6.31. The van der Waals surface area contributed by atoms with Gasteiger partial charge in [0.2, 0.25) is 0 Å². The third-order valence-electron chi connectivity index (χ3n) is 3.11. The van der Waals surface area contributed by atoms with Gasteiger partial charge in [-0.25, -0.2) is 0 Å². The van der Waals surface area contributed by atoms with Gasteiger partial charge in [-0.1, -0.05) is 6.07 Å². The molecule has 0 saturated carbocycles. The molecule has 2 aromatic rings. The topological polar surface area (TPSA) is 49.5 Å². The molecule has 0 amide bonds. The van der Waals surface area contributed by atoms with Crippen LogP contribution >= 0.6 is 0 Å². The van der Waals surface area contributed by atoms with Gasteiger partial charge in [-0.05, 0) is 37.7 Å². The quantitative estimate of drug-likeness (QED) is 0.880. The van der Waals surface area contributed by atoms with Gasteiger partial charge in [0.05, 0.1) is 6.54 Å². The summed E-state index contributed by atoms with van der Waals surface area (Å²) in [7, 11) is 2.04. The zero-order valence-electron chi connectivity index (χ0n) is 10.7. The Kier molecular flexibility index (Phi) is 4.12. The van der Waals surface area contributed by atoms with Crippen LogP contribution in [0.5, 0.6) is 0 Å².